The van der Waals surface area contributed by atoms with Gasteiger partial charge in [0, 0.05) is 54.8 Å². The Balaban J connectivity index is 1.17. The first-order valence-corrected chi connectivity index (χ1v) is 15.4. The predicted octanol–water partition coefficient (Wildman–Crippen LogP) is 11.5. The molecule has 0 N–H and O–H groups in total. The van der Waals surface area contributed by atoms with Gasteiger partial charge in [0.05, 0.1) is 27.6 Å². The van der Waals surface area contributed by atoms with Crippen molar-refractivity contribution < 1.29 is 4.42 Å². The van der Waals surface area contributed by atoms with Gasteiger partial charge in [-0.3, -0.25) is 0 Å². The lowest BCUT2D eigenvalue weighted by molar-refractivity contribution is 0.668. The summed E-state index contributed by atoms with van der Waals surface area (Å²) in [6.07, 6.45) is 0. The summed E-state index contributed by atoms with van der Waals surface area (Å²) in [6.45, 7) is 0. The Labute approximate surface area is 257 Å². The van der Waals surface area contributed by atoms with Crippen LogP contribution in [0.3, 0.4) is 0 Å². The maximum absolute atomic E-state index is 6.29. The largest absolute Gasteiger partial charge is 0.456 e. The molecule has 0 aliphatic carbocycles. The summed E-state index contributed by atoms with van der Waals surface area (Å²) >= 11 is 0. The van der Waals surface area contributed by atoms with Gasteiger partial charge < -0.3 is 13.4 Å². The molecular formula is C42H24N2O. The third kappa shape index (κ3) is 2.99. The van der Waals surface area contributed by atoms with Crippen LogP contribution in [-0.2, 0) is 0 Å². The fourth-order valence-electron chi connectivity index (χ4n) is 7.90. The highest BCUT2D eigenvalue weighted by atomic mass is 16.3. The average molecular weight is 573 g/mol. The molecule has 208 valence electrons. The highest BCUT2D eigenvalue weighted by Gasteiger charge is 2.20. The number of nitrogens with zero attached hydrogens (tertiary/aromatic N) is 2. The molecule has 0 aliphatic rings. The summed E-state index contributed by atoms with van der Waals surface area (Å²) in [4.78, 5) is 0. The highest BCUT2D eigenvalue weighted by molar-refractivity contribution is 6.24. The molecule has 0 bridgehead atoms. The molecule has 0 saturated carbocycles. The Hall–Kier alpha value is -6.06. The third-order valence-corrected chi connectivity index (χ3v) is 9.83. The van der Waals surface area contributed by atoms with E-state index in [-0.39, 0.29) is 0 Å². The van der Waals surface area contributed by atoms with Crippen LogP contribution < -0.4 is 0 Å². The van der Waals surface area contributed by atoms with Crippen LogP contribution in [0.15, 0.2) is 150 Å². The number of fused-ring (bicyclic) bond motifs is 12. The van der Waals surface area contributed by atoms with Crippen molar-refractivity contribution in [2.45, 2.75) is 0 Å². The molecule has 3 nitrogen and oxygen atoms in total. The van der Waals surface area contributed by atoms with Crippen LogP contribution in [0, 0.1) is 0 Å². The van der Waals surface area contributed by atoms with Gasteiger partial charge in [-0.25, -0.2) is 0 Å². The van der Waals surface area contributed by atoms with Crippen LogP contribution in [0.25, 0.3) is 98.7 Å². The molecule has 11 aromatic rings. The normalized spacial score (nSPS) is 12.4. The van der Waals surface area contributed by atoms with E-state index in [9.17, 15) is 0 Å². The van der Waals surface area contributed by atoms with Gasteiger partial charge in [0.2, 0.25) is 0 Å². The summed E-state index contributed by atoms with van der Waals surface area (Å²) < 4.78 is 11.1. The minimum absolute atomic E-state index is 0.905. The Morgan fingerprint density at radius 3 is 1.64 bits per heavy atom. The van der Waals surface area contributed by atoms with E-state index in [1.807, 2.05) is 12.1 Å². The van der Waals surface area contributed by atoms with Crippen LogP contribution in [0.2, 0.25) is 0 Å². The second-order valence-electron chi connectivity index (χ2n) is 12.2. The van der Waals surface area contributed by atoms with E-state index in [0.717, 1.165) is 27.6 Å². The lowest BCUT2D eigenvalue weighted by Gasteiger charge is -2.09. The average Bonchev–Trinajstić information content (AvgIpc) is 3.83. The molecule has 45 heavy (non-hydrogen) atoms. The van der Waals surface area contributed by atoms with Crippen molar-refractivity contribution >= 4 is 81.8 Å². The molecule has 3 heteroatoms. The Kier molecular flexibility index (Phi) is 4.32. The van der Waals surface area contributed by atoms with Gasteiger partial charge in [-0.05, 0) is 71.8 Å². The molecule has 0 radical (unpaired) electrons. The van der Waals surface area contributed by atoms with Crippen molar-refractivity contribution in [3.63, 3.8) is 0 Å². The Bertz CT molecular complexity index is 2900. The standard InChI is InChI=1S/C42H24N2O/c1-5-13-36-28(9-1)33-21-25(17-20-39(33)43(36)27-18-19-32-31-12-4-8-16-40(31)45-41(32)24-27)26-22-34-29-10-2-6-14-37(29)44-38-15-7-3-11-30(38)35(23-26)42(34)44/h1-24H. The van der Waals surface area contributed by atoms with Crippen LogP contribution >= 0.6 is 0 Å². The molecule has 4 aromatic heterocycles. The van der Waals surface area contributed by atoms with E-state index in [1.165, 1.54) is 71.0 Å². The first kappa shape index (κ1) is 23.4. The zero-order valence-electron chi connectivity index (χ0n) is 24.2. The third-order valence-electron chi connectivity index (χ3n) is 9.83. The lowest BCUT2D eigenvalue weighted by Crippen LogP contribution is -1.93. The van der Waals surface area contributed by atoms with E-state index >= 15 is 0 Å². The van der Waals surface area contributed by atoms with Gasteiger partial charge in [-0.1, -0.05) is 78.9 Å². The number of hydrogen-bond donors (Lipinski definition) is 0. The number of furan rings is 1. The molecule has 0 fully saturated rings. The monoisotopic (exact) mass is 572 g/mol. The van der Waals surface area contributed by atoms with Crippen molar-refractivity contribution in [3.05, 3.63) is 146 Å². The molecule has 0 saturated heterocycles. The first-order chi connectivity index (χ1) is 22.3. The Morgan fingerprint density at radius 1 is 0.356 bits per heavy atom. The number of aromatic nitrogens is 2. The fraction of sp³-hybridized carbons (Fsp3) is 0. The summed E-state index contributed by atoms with van der Waals surface area (Å²) in [5.74, 6) is 0. The van der Waals surface area contributed by atoms with Crippen molar-refractivity contribution in [2.75, 3.05) is 0 Å². The smallest absolute Gasteiger partial charge is 0.137 e. The van der Waals surface area contributed by atoms with Crippen LogP contribution in [0.4, 0.5) is 0 Å². The second kappa shape index (κ2) is 8.31. The van der Waals surface area contributed by atoms with Gasteiger partial charge in [0.25, 0.3) is 0 Å². The van der Waals surface area contributed by atoms with E-state index in [0.29, 0.717) is 0 Å². The maximum Gasteiger partial charge on any atom is 0.137 e. The molecule has 0 spiro atoms. The van der Waals surface area contributed by atoms with Gasteiger partial charge in [-0.2, -0.15) is 0 Å². The summed E-state index contributed by atoms with van der Waals surface area (Å²) in [5.41, 5.74) is 11.6. The number of para-hydroxylation sites is 4. The van der Waals surface area contributed by atoms with Crippen molar-refractivity contribution in [2.24, 2.45) is 0 Å². The minimum Gasteiger partial charge on any atom is -0.456 e. The second-order valence-corrected chi connectivity index (χ2v) is 12.2. The molecule has 0 atom stereocenters. The van der Waals surface area contributed by atoms with Crippen LogP contribution in [-0.4, -0.2) is 8.97 Å². The van der Waals surface area contributed by atoms with Crippen molar-refractivity contribution in [1.82, 2.24) is 8.97 Å². The topological polar surface area (TPSA) is 22.5 Å². The van der Waals surface area contributed by atoms with Crippen LogP contribution in [0.5, 0.6) is 0 Å². The summed E-state index contributed by atoms with van der Waals surface area (Å²) in [7, 11) is 0. The summed E-state index contributed by atoms with van der Waals surface area (Å²) in [6, 6.07) is 52.9. The first-order valence-electron chi connectivity index (χ1n) is 15.4. The van der Waals surface area contributed by atoms with Gasteiger partial charge in [0.1, 0.15) is 11.2 Å². The van der Waals surface area contributed by atoms with Gasteiger partial charge in [-0.15, -0.1) is 0 Å². The van der Waals surface area contributed by atoms with Crippen LogP contribution in [0.1, 0.15) is 0 Å². The lowest BCUT2D eigenvalue weighted by atomic mass is 9.98. The molecule has 0 aliphatic heterocycles. The SMILES string of the molecule is c1ccc2c(c1)oc1cc(-n3c4ccccc4c4cc(-c5cc6c7ccccc7n7c8ccccc8c(c5)c67)ccc43)ccc12. The van der Waals surface area contributed by atoms with E-state index in [2.05, 4.69) is 142 Å². The van der Waals surface area contributed by atoms with E-state index in [4.69, 9.17) is 4.42 Å². The zero-order chi connectivity index (χ0) is 29.2. The number of hydrogen-bond acceptors (Lipinski definition) is 1. The quantitative estimate of drug-likeness (QED) is 0.202. The Morgan fingerprint density at radius 2 is 0.911 bits per heavy atom. The van der Waals surface area contributed by atoms with Gasteiger partial charge >= 0.3 is 0 Å². The molecule has 7 aromatic carbocycles. The number of benzene rings is 7. The molecule has 4 heterocycles. The zero-order valence-corrected chi connectivity index (χ0v) is 24.2. The minimum atomic E-state index is 0.905. The van der Waals surface area contributed by atoms with Gasteiger partial charge in [0.15, 0.2) is 0 Å². The molecule has 11 rings (SSSR count). The molecule has 0 amide bonds. The molecule has 0 unspecified atom stereocenters. The van der Waals surface area contributed by atoms with E-state index in [1.54, 1.807) is 0 Å². The highest BCUT2D eigenvalue weighted by Crippen LogP contribution is 2.43. The fourth-order valence-corrected chi connectivity index (χ4v) is 7.90. The van der Waals surface area contributed by atoms with E-state index < -0.39 is 0 Å². The number of rotatable bonds is 2. The molecular weight excluding hydrogens is 548 g/mol. The van der Waals surface area contributed by atoms with Crippen molar-refractivity contribution in [1.29, 1.82) is 0 Å². The summed E-state index contributed by atoms with van der Waals surface area (Å²) in [5, 5.41) is 9.97. The van der Waals surface area contributed by atoms with Crippen molar-refractivity contribution in [3.8, 4) is 16.8 Å². The predicted molar refractivity (Wildman–Crippen MR) is 188 cm³/mol. The maximum atomic E-state index is 6.29.